The summed E-state index contributed by atoms with van der Waals surface area (Å²) in [5.74, 6) is 0. The predicted molar refractivity (Wildman–Crippen MR) is 233 cm³/mol. The number of benzene rings is 4. The molecule has 0 atom stereocenters. The molecule has 0 fully saturated rings. The standard InChI is InChI=1S/C20H23NSi.C17H14BrN.C4H9.C3H9ClSi.Li/c1-14-10-15(2)12-17(11-14)20-19-7-6-18(22(3,4)5)13-16(19)8-9-21-20;1-11-7-12(2)9-14(8-11)17-16-4-3-15(18)10-13(16)5-6-19-17;1-3-4-2;1-5(2,3)4;/h6-13H,1-5H3;3-10H,1-2H3;1,3-4H2,2H3;1-3H3;/q;;-1;;+1. The Morgan fingerprint density at radius 1 is 0.608 bits per heavy atom. The van der Waals surface area contributed by atoms with Crippen LogP contribution in [0.2, 0.25) is 39.3 Å². The minimum absolute atomic E-state index is 0. The van der Waals surface area contributed by atoms with Crippen molar-refractivity contribution < 1.29 is 18.9 Å². The number of aryl methyl sites for hydroxylation is 4. The van der Waals surface area contributed by atoms with Crippen LogP contribution >= 0.6 is 27.0 Å². The molecule has 6 rings (SSSR count). The second-order valence-electron chi connectivity index (χ2n) is 15.0. The molecule has 0 aliphatic carbocycles. The molecule has 0 spiro atoms. The Hall–Kier alpha value is -2.50. The van der Waals surface area contributed by atoms with Crippen molar-refractivity contribution in [3.63, 3.8) is 0 Å². The summed E-state index contributed by atoms with van der Waals surface area (Å²) < 4.78 is 1.09. The van der Waals surface area contributed by atoms with Gasteiger partial charge in [0.15, 0.2) is 0 Å². The molecule has 264 valence electrons. The summed E-state index contributed by atoms with van der Waals surface area (Å²) in [6, 6.07) is 30.6. The van der Waals surface area contributed by atoms with Crippen molar-refractivity contribution in [2.45, 2.75) is 86.7 Å². The summed E-state index contributed by atoms with van der Waals surface area (Å²) in [5.41, 5.74) is 9.65. The predicted octanol–water partition coefficient (Wildman–Crippen LogP) is 11.0. The van der Waals surface area contributed by atoms with Gasteiger partial charge in [-0.15, -0.1) is 0 Å². The zero-order valence-corrected chi connectivity index (χ0v) is 37.4. The quantitative estimate of drug-likeness (QED) is 0.101. The fraction of sp³-hybridized carbons (Fsp3) is 0.295. The van der Waals surface area contributed by atoms with Crippen molar-refractivity contribution >= 4 is 69.2 Å². The Morgan fingerprint density at radius 2 is 0.980 bits per heavy atom. The van der Waals surface area contributed by atoms with E-state index in [1.807, 2.05) is 18.5 Å². The van der Waals surface area contributed by atoms with E-state index in [4.69, 9.17) is 11.1 Å². The summed E-state index contributed by atoms with van der Waals surface area (Å²) in [5, 5.41) is 6.44. The van der Waals surface area contributed by atoms with E-state index >= 15 is 0 Å². The Kier molecular flexibility index (Phi) is 17.6. The molecule has 0 amide bonds. The van der Waals surface area contributed by atoms with Crippen molar-refractivity contribution in [3.8, 4) is 22.5 Å². The van der Waals surface area contributed by atoms with Crippen LogP contribution in [0.4, 0.5) is 0 Å². The normalized spacial score (nSPS) is 10.9. The van der Waals surface area contributed by atoms with Crippen LogP contribution in [0.15, 0.2) is 102 Å². The van der Waals surface area contributed by atoms with Crippen LogP contribution in [0, 0.1) is 34.6 Å². The SMILES string of the molecule is C[Si](C)(C)Cl.Cc1cc(C)cc(-c2nccc3cc(Br)ccc23)c1.Cc1cc(C)cc(-c2nccc3cc([Si](C)(C)C)ccc23)c1.[CH2-]CCC.[Li+]. The summed E-state index contributed by atoms with van der Waals surface area (Å²) in [6.07, 6.45) is 6.09. The van der Waals surface area contributed by atoms with Crippen molar-refractivity contribution in [1.29, 1.82) is 0 Å². The van der Waals surface area contributed by atoms with Crippen LogP contribution < -0.4 is 24.0 Å². The zero-order chi connectivity index (χ0) is 37.2. The van der Waals surface area contributed by atoms with E-state index in [0.29, 0.717) is 0 Å². The maximum atomic E-state index is 5.67. The second kappa shape index (κ2) is 20.1. The topological polar surface area (TPSA) is 25.8 Å². The first-order valence-corrected chi connectivity index (χ1v) is 26.3. The number of unbranched alkanes of at least 4 members (excludes halogenated alkanes) is 1. The molecule has 0 aliphatic heterocycles. The largest absolute Gasteiger partial charge is 1.00 e. The van der Waals surface area contributed by atoms with E-state index < -0.39 is 15.5 Å². The molecule has 4 aromatic carbocycles. The number of hydrogen-bond donors (Lipinski definition) is 0. The fourth-order valence-electron chi connectivity index (χ4n) is 5.48. The van der Waals surface area contributed by atoms with E-state index in [9.17, 15) is 0 Å². The molecule has 2 nitrogen and oxygen atoms in total. The number of fused-ring (bicyclic) bond motifs is 2. The number of pyridine rings is 2. The Balaban J connectivity index is 0.000000283. The number of nitrogens with zero attached hydrogens (tertiary/aromatic N) is 2. The fourth-order valence-corrected chi connectivity index (χ4v) is 7.03. The molecule has 0 saturated carbocycles. The van der Waals surface area contributed by atoms with Crippen LogP contribution in [0.1, 0.15) is 42.0 Å². The molecule has 51 heavy (non-hydrogen) atoms. The van der Waals surface area contributed by atoms with Crippen LogP contribution in [0.3, 0.4) is 0 Å². The van der Waals surface area contributed by atoms with E-state index in [1.54, 1.807) is 0 Å². The molecule has 2 heterocycles. The van der Waals surface area contributed by atoms with Gasteiger partial charge in [0.25, 0.3) is 0 Å². The summed E-state index contributed by atoms with van der Waals surface area (Å²) in [7, 11) is -2.42. The van der Waals surface area contributed by atoms with E-state index in [1.165, 1.54) is 66.5 Å². The minimum atomic E-state index is -1.29. The van der Waals surface area contributed by atoms with Gasteiger partial charge in [0.2, 0.25) is 0 Å². The molecule has 0 bridgehead atoms. The number of hydrogen-bond acceptors (Lipinski definition) is 2. The smallest absolute Gasteiger partial charge is 0.343 e. The molecule has 0 unspecified atom stereocenters. The van der Waals surface area contributed by atoms with Crippen molar-refractivity contribution in [1.82, 2.24) is 9.97 Å². The molecule has 6 aromatic rings. The van der Waals surface area contributed by atoms with Gasteiger partial charge in [-0.05, 0) is 87.0 Å². The third-order valence-corrected chi connectivity index (χ3v) is 10.2. The first kappa shape index (κ1) is 44.7. The number of aromatic nitrogens is 2. The Morgan fingerprint density at radius 3 is 1.35 bits per heavy atom. The average molecular weight is 790 g/mol. The molecule has 0 radical (unpaired) electrons. The second-order valence-corrected chi connectivity index (χ2v) is 28.6. The van der Waals surface area contributed by atoms with E-state index in [2.05, 4.69) is 186 Å². The third kappa shape index (κ3) is 14.4. The molecule has 0 N–H and O–H groups in total. The molecule has 2 aromatic heterocycles. The van der Waals surface area contributed by atoms with Crippen molar-refractivity contribution in [3.05, 3.63) is 131 Å². The zero-order valence-electron chi connectivity index (χ0n) is 33.0. The van der Waals surface area contributed by atoms with Crippen LogP contribution in [-0.4, -0.2) is 25.4 Å². The Labute approximate surface area is 335 Å². The van der Waals surface area contributed by atoms with Gasteiger partial charge in [-0.25, -0.2) is 0 Å². The van der Waals surface area contributed by atoms with Crippen LogP contribution in [0.5, 0.6) is 0 Å². The maximum Gasteiger partial charge on any atom is 1.00 e. The summed E-state index contributed by atoms with van der Waals surface area (Å²) in [4.78, 5) is 9.24. The number of halogens is 2. The monoisotopic (exact) mass is 788 g/mol. The molecule has 0 saturated heterocycles. The van der Waals surface area contributed by atoms with Gasteiger partial charge in [0, 0.05) is 38.8 Å². The molecule has 0 aliphatic rings. The van der Waals surface area contributed by atoms with Gasteiger partial charge < -0.3 is 6.92 Å². The molecule has 7 heteroatoms. The number of rotatable bonds is 4. The van der Waals surface area contributed by atoms with Gasteiger partial charge in [-0.2, -0.15) is 17.5 Å². The van der Waals surface area contributed by atoms with Gasteiger partial charge in [-0.1, -0.05) is 132 Å². The first-order chi connectivity index (χ1) is 23.4. The van der Waals surface area contributed by atoms with Crippen LogP contribution in [-0.2, 0) is 0 Å². The van der Waals surface area contributed by atoms with Gasteiger partial charge >= 0.3 is 18.9 Å². The summed E-state index contributed by atoms with van der Waals surface area (Å²) in [6.45, 7) is 27.7. The van der Waals surface area contributed by atoms with E-state index in [0.717, 1.165) is 22.3 Å². The summed E-state index contributed by atoms with van der Waals surface area (Å²) >= 11 is 9.19. The van der Waals surface area contributed by atoms with Gasteiger partial charge in [0.1, 0.15) is 7.38 Å². The Bertz CT molecular complexity index is 1990. The molecular weight excluding hydrogens is 735 g/mol. The third-order valence-electron chi connectivity index (χ3n) is 7.70. The van der Waals surface area contributed by atoms with Crippen LogP contribution in [0.25, 0.3) is 44.1 Å². The minimum Gasteiger partial charge on any atom is -0.343 e. The van der Waals surface area contributed by atoms with Crippen molar-refractivity contribution in [2.75, 3.05) is 0 Å². The maximum absolute atomic E-state index is 5.67. The first-order valence-electron chi connectivity index (χ1n) is 17.5. The molecular formula is C44H55BrClLiN2Si2. The van der Waals surface area contributed by atoms with Gasteiger partial charge in [0.05, 0.1) is 19.5 Å². The van der Waals surface area contributed by atoms with Crippen molar-refractivity contribution in [2.24, 2.45) is 0 Å². The van der Waals surface area contributed by atoms with E-state index in [-0.39, 0.29) is 18.9 Å². The average Bonchev–Trinajstić information content (AvgIpc) is 3.02. The van der Waals surface area contributed by atoms with Gasteiger partial charge in [-0.3, -0.25) is 9.97 Å².